The highest BCUT2D eigenvalue weighted by Gasteiger charge is 2.43. The molecule has 0 radical (unpaired) electrons. The van der Waals surface area contributed by atoms with Gasteiger partial charge in [0.1, 0.15) is 0 Å². The summed E-state index contributed by atoms with van der Waals surface area (Å²) in [6.45, 7) is 0.680. The Bertz CT molecular complexity index is 390. The summed E-state index contributed by atoms with van der Waals surface area (Å²) >= 11 is 0. The largest absolute Gasteiger partial charge is 0.370 e. The highest BCUT2D eigenvalue weighted by Crippen LogP contribution is 2.43. The minimum absolute atomic E-state index is 0.0953. The minimum atomic E-state index is -0.346. The Morgan fingerprint density at radius 3 is 2.68 bits per heavy atom. The van der Waals surface area contributed by atoms with Crippen molar-refractivity contribution in [1.29, 1.82) is 0 Å². The summed E-state index contributed by atoms with van der Waals surface area (Å²) in [6, 6.07) is -0.346. The topological polar surface area (TPSA) is 58.6 Å². The molecule has 3 fully saturated rings. The number of hydrogen-bond donors (Lipinski definition) is 1. The van der Waals surface area contributed by atoms with Gasteiger partial charge in [-0.15, -0.1) is 0 Å². The molecule has 0 aromatic rings. The molecule has 1 saturated carbocycles. The Morgan fingerprint density at radius 1 is 1.32 bits per heavy atom. The fourth-order valence-electron chi connectivity index (χ4n) is 3.62. The summed E-state index contributed by atoms with van der Waals surface area (Å²) in [7, 11) is 1.55. The third-order valence-electron chi connectivity index (χ3n) is 4.83. The molecule has 106 valence electrons. The Balaban J connectivity index is 1.49. The summed E-state index contributed by atoms with van der Waals surface area (Å²) in [5, 5.41) is 3.20. The lowest BCUT2D eigenvalue weighted by molar-refractivity contribution is -0.137. The molecule has 2 amide bonds. The van der Waals surface area contributed by atoms with Crippen molar-refractivity contribution in [1.82, 2.24) is 10.2 Å². The van der Waals surface area contributed by atoms with E-state index < -0.39 is 0 Å². The Hall–Kier alpha value is -0.940. The molecule has 1 N–H and O–H groups in total. The second-order valence-electron chi connectivity index (χ2n) is 6.12. The van der Waals surface area contributed by atoms with Crippen molar-refractivity contribution in [3.63, 3.8) is 0 Å². The highest BCUT2D eigenvalue weighted by atomic mass is 16.5. The normalized spacial score (nSPS) is 33.8. The molecule has 3 aliphatic rings. The van der Waals surface area contributed by atoms with Crippen LogP contribution in [-0.4, -0.2) is 48.1 Å². The quantitative estimate of drug-likeness (QED) is 0.769. The summed E-state index contributed by atoms with van der Waals surface area (Å²) in [5.41, 5.74) is 0.138. The van der Waals surface area contributed by atoms with Crippen LogP contribution in [0.25, 0.3) is 0 Å². The van der Waals surface area contributed by atoms with E-state index in [0.29, 0.717) is 6.54 Å². The SMILES string of the molecule is CN1C(=O)CC(NCC2CCC3(CCCC3)O2)C1=O. The number of amides is 2. The zero-order valence-corrected chi connectivity index (χ0v) is 11.5. The number of ether oxygens (including phenoxy) is 1. The predicted molar refractivity (Wildman–Crippen MR) is 69.5 cm³/mol. The van der Waals surface area contributed by atoms with Crippen molar-refractivity contribution in [2.45, 2.75) is 62.7 Å². The van der Waals surface area contributed by atoms with Gasteiger partial charge in [-0.2, -0.15) is 0 Å². The van der Waals surface area contributed by atoms with E-state index in [1.165, 1.54) is 30.6 Å². The van der Waals surface area contributed by atoms with Crippen LogP contribution in [0.3, 0.4) is 0 Å². The third-order valence-corrected chi connectivity index (χ3v) is 4.83. The molecular weight excluding hydrogens is 244 g/mol. The van der Waals surface area contributed by atoms with Crippen LogP contribution in [0.4, 0.5) is 0 Å². The van der Waals surface area contributed by atoms with Crippen molar-refractivity contribution in [3.8, 4) is 0 Å². The molecule has 0 aromatic heterocycles. The summed E-state index contributed by atoms with van der Waals surface area (Å²) < 4.78 is 6.19. The van der Waals surface area contributed by atoms with E-state index in [9.17, 15) is 9.59 Å². The lowest BCUT2D eigenvalue weighted by atomic mass is 9.98. The van der Waals surface area contributed by atoms with Crippen LogP contribution in [0.1, 0.15) is 44.9 Å². The molecule has 2 saturated heterocycles. The van der Waals surface area contributed by atoms with Crippen molar-refractivity contribution >= 4 is 11.8 Å². The van der Waals surface area contributed by atoms with Gasteiger partial charge in [0.05, 0.1) is 24.2 Å². The maximum absolute atomic E-state index is 11.8. The molecule has 0 bridgehead atoms. The zero-order chi connectivity index (χ0) is 13.5. The van der Waals surface area contributed by atoms with E-state index >= 15 is 0 Å². The van der Waals surface area contributed by atoms with E-state index in [0.717, 1.165) is 12.8 Å². The zero-order valence-electron chi connectivity index (χ0n) is 11.5. The maximum atomic E-state index is 11.8. The smallest absolute Gasteiger partial charge is 0.246 e. The van der Waals surface area contributed by atoms with E-state index in [4.69, 9.17) is 4.74 Å². The van der Waals surface area contributed by atoms with Gasteiger partial charge >= 0.3 is 0 Å². The fraction of sp³-hybridized carbons (Fsp3) is 0.857. The van der Waals surface area contributed by atoms with E-state index in [1.807, 2.05) is 0 Å². The van der Waals surface area contributed by atoms with Gasteiger partial charge in [-0.3, -0.25) is 14.5 Å². The van der Waals surface area contributed by atoms with Crippen LogP contribution in [-0.2, 0) is 14.3 Å². The number of hydrogen-bond acceptors (Lipinski definition) is 4. The number of carbonyl (C=O) groups excluding carboxylic acids is 2. The third kappa shape index (κ3) is 2.41. The Kier molecular flexibility index (Phi) is 3.35. The van der Waals surface area contributed by atoms with E-state index in [1.54, 1.807) is 7.05 Å². The van der Waals surface area contributed by atoms with E-state index in [-0.39, 0.29) is 36.0 Å². The Morgan fingerprint density at radius 2 is 2.05 bits per heavy atom. The molecule has 2 aliphatic heterocycles. The molecule has 2 atom stereocenters. The first kappa shape index (κ1) is 13.1. The van der Waals surface area contributed by atoms with Crippen LogP contribution >= 0.6 is 0 Å². The molecule has 19 heavy (non-hydrogen) atoms. The van der Waals surface area contributed by atoms with Gasteiger partial charge in [-0.05, 0) is 25.7 Å². The monoisotopic (exact) mass is 266 g/mol. The second-order valence-corrected chi connectivity index (χ2v) is 6.12. The van der Waals surface area contributed by atoms with Crippen molar-refractivity contribution in [3.05, 3.63) is 0 Å². The van der Waals surface area contributed by atoms with Gasteiger partial charge in [-0.25, -0.2) is 0 Å². The molecule has 2 heterocycles. The number of nitrogens with zero attached hydrogens (tertiary/aromatic N) is 1. The molecule has 1 aliphatic carbocycles. The van der Waals surface area contributed by atoms with Gasteiger partial charge in [0, 0.05) is 13.6 Å². The summed E-state index contributed by atoms with van der Waals surface area (Å²) in [5.74, 6) is -0.208. The highest BCUT2D eigenvalue weighted by molar-refractivity contribution is 6.05. The minimum Gasteiger partial charge on any atom is -0.370 e. The number of nitrogens with one attached hydrogen (secondary N) is 1. The number of rotatable bonds is 3. The molecule has 3 rings (SSSR count). The lowest BCUT2D eigenvalue weighted by Gasteiger charge is -2.24. The number of likely N-dealkylation sites (tertiary alicyclic amines) is 1. The van der Waals surface area contributed by atoms with Crippen molar-refractivity contribution in [2.24, 2.45) is 0 Å². The number of likely N-dealkylation sites (N-methyl/N-ethyl adjacent to an activating group) is 1. The average molecular weight is 266 g/mol. The van der Waals surface area contributed by atoms with Crippen LogP contribution in [0.2, 0.25) is 0 Å². The summed E-state index contributed by atoms with van der Waals surface area (Å²) in [4.78, 5) is 24.4. The number of carbonyl (C=O) groups is 2. The lowest BCUT2D eigenvalue weighted by Crippen LogP contribution is -2.41. The standard InChI is InChI=1S/C14H22N2O3/c1-16-12(17)8-11(13(16)18)15-9-10-4-7-14(19-10)5-2-3-6-14/h10-11,15H,2-9H2,1H3. The van der Waals surface area contributed by atoms with Crippen LogP contribution in [0, 0.1) is 0 Å². The first-order chi connectivity index (χ1) is 9.10. The predicted octanol–water partition coefficient (Wildman–Crippen LogP) is 0.825. The second kappa shape index (κ2) is 4.87. The van der Waals surface area contributed by atoms with Crippen LogP contribution in [0.5, 0.6) is 0 Å². The fourth-order valence-corrected chi connectivity index (χ4v) is 3.62. The first-order valence-corrected chi connectivity index (χ1v) is 7.31. The molecule has 5 nitrogen and oxygen atoms in total. The molecule has 1 spiro atoms. The maximum Gasteiger partial charge on any atom is 0.246 e. The van der Waals surface area contributed by atoms with Gasteiger partial charge in [0.25, 0.3) is 0 Å². The van der Waals surface area contributed by atoms with Crippen molar-refractivity contribution < 1.29 is 14.3 Å². The molecule has 2 unspecified atom stereocenters. The van der Waals surface area contributed by atoms with Gasteiger partial charge < -0.3 is 10.1 Å². The van der Waals surface area contributed by atoms with Crippen LogP contribution in [0.15, 0.2) is 0 Å². The summed E-state index contributed by atoms with van der Waals surface area (Å²) in [6.07, 6.45) is 7.63. The van der Waals surface area contributed by atoms with Gasteiger partial charge in [0.2, 0.25) is 11.8 Å². The van der Waals surface area contributed by atoms with Crippen molar-refractivity contribution in [2.75, 3.05) is 13.6 Å². The van der Waals surface area contributed by atoms with E-state index in [2.05, 4.69) is 5.32 Å². The number of imide groups is 1. The van der Waals surface area contributed by atoms with Gasteiger partial charge in [0.15, 0.2) is 0 Å². The average Bonchev–Trinajstić information content (AvgIpc) is 3.08. The molecular formula is C14H22N2O3. The van der Waals surface area contributed by atoms with Gasteiger partial charge in [-0.1, -0.05) is 12.8 Å². The molecule has 5 heteroatoms. The van der Waals surface area contributed by atoms with Crippen LogP contribution < -0.4 is 5.32 Å². The first-order valence-electron chi connectivity index (χ1n) is 7.31. The Labute approximate surface area is 113 Å². The molecule has 0 aromatic carbocycles.